The molecule has 1 heterocycles. The summed E-state index contributed by atoms with van der Waals surface area (Å²) >= 11 is 0. The average Bonchev–Trinajstić information content (AvgIpc) is 2.64. The maximum absolute atomic E-state index is 12.6. The molecule has 0 radical (unpaired) electrons. The van der Waals surface area contributed by atoms with E-state index in [1.54, 1.807) is 0 Å². The molecule has 3 rings (SSSR count). The van der Waals surface area contributed by atoms with Gasteiger partial charge in [-0.25, -0.2) is 4.79 Å². The van der Waals surface area contributed by atoms with Crippen molar-refractivity contribution in [1.29, 1.82) is 0 Å². The molecule has 6 heteroatoms. The normalized spacial score (nSPS) is 11.0. The molecule has 2 aromatic carbocycles. The van der Waals surface area contributed by atoms with E-state index in [1.165, 1.54) is 4.57 Å². The van der Waals surface area contributed by atoms with Gasteiger partial charge >= 0.3 is 5.69 Å². The highest BCUT2D eigenvalue weighted by Crippen LogP contribution is 2.20. The van der Waals surface area contributed by atoms with E-state index in [0.717, 1.165) is 23.9 Å². The number of benzene rings is 2. The van der Waals surface area contributed by atoms with Crippen LogP contribution in [-0.2, 0) is 11.3 Å². The molecule has 3 aromatic rings. The highest BCUT2D eigenvalue weighted by molar-refractivity contribution is 5.93. The van der Waals surface area contributed by atoms with Crippen LogP contribution in [0.2, 0.25) is 0 Å². The summed E-state index contributed by atoms with van der Waals surface area (Å²) in [6, 6.07) is 15.1. The number of para-hydroxylation sites is 1. The minimum atomic E-state index is -0.440. The van der Waals surface area contributed by atoms with E-state index in [2.05, 4.69) is 29.5 Å². The summed E-state index contributed by atoms with van der Waals surface area (Å²) in [5.41, 5.74) is 2.01. The van der Waals surface area contributed by atoms with E-state index in [9.17, 15) is 9.59 Å². The highest BCUT2D eigenvalue weighted by atomic mass is 16.2. The van der Waals surface area contributed by atoms with Gasteiger partial charge in [0.05, 0.1) is 5.52 Å². The molecule has 28 heavy (non-hydrogen) atoms. The summed E-state index contributed by atoms with van der Waals surface area (Å²) in [5.74, 6) is 0.862. The molecule has 1 aromatic heterocycles. The zero-order valence-electron chi connectivity index (χ0n) is 16.5. The molecule has 0 saturated carbocycles. The van der Waals surface area contributed by atoms with Crippen LogP contribution in [0.25, 0.3) is 10.9 Å². The second-order valence-corrected chi connectivity index (χ2v) is 7.37. The Hall–Kier alpha value is -3.15. The topological polar surface area (TPSA) is 76.0 Å². The molecule has 0 aliphatic heterocycles. The van der Waals surface area contributed by atoms with E-state index in [0.29, 0.717) is 22.9 Å². The fraction of sp³-hybridized carbons (Fsp3) is 0.318. The van der Waals surface area contributed by atoms with Gasteiger partial charge in [-0.15, -0.1) is 0 Å². The van der Waals surface area contributed by atoms with E-state index >= 15 is 0 Å². The number of carbonyl (C=O) groups is 1. The number of nitrogens with zero attached hydrogens (tertiary/aromatic N) is 2. The van der Waals surface area contributed by atoms with Gasteiger partial charge in [0.15, 0.2) is 0 Å². The number of anilines is 2. The third-order valence-corrected chi connectivity index (χ3v) is 4.51. The third kappa shape index (κ3) is 4.76. The Morgan fingerprint density at radius 3 is 2.68 bits per heavy atom. The third-order valence-electron chi connectivity index (χ3n) is 4.51. The van der Waals surface area contributed by atoms with Crippen molar-refractivity contribution in [2.45, 2.75) is 33.7 Å². The van der Waals surface area contributed by atoms with Gasteiger partial charge in [-0.05, 0) is 49.1 Å². The van der Waals surface area contributed by atoms with Gasteiger partial charge < -0.3 is 10.6 Å². The monoisotopic (exact) mass is 378 g/mol. The molecule has 0 saturated heterocycles. The Balaban J connectivity index is 1.86. The molecule has 146 valence electrons. The van der Waals surface area contributed by atoms with Crippen molar-refractivity contribution in [2.75, 3.05) is 17.2 Å². The lowest BCUT2D eigenvalue weighted by Crippen LogP contribution is -2.30. The van der Waals surface area contributed by atoms with Gasteiger partial charge in [0.2, 0.25) is 5.91 Å². The minimum absolute atomic E-state index is 0.0907. The Morgan fingerprint density at radius 1 is 1.14 bits per heavy atom. The van der Waals surface area contributed by atoms with Gasteiger partial charge in [0.25, 0.3) is 0 Å². The van der Waals surface area contributed by atoms with Crippen molar-refractivity contribution < 1.29 is 4.79 Å². The molecule has 6 nitrogen and oxygen atoms in total. The molecule has 0 aliphatic rings. The number of fused-ring (bicyclic) bond motifs is 1. The summed E-state index contributed by atoms with van der Waals surface area (Å²) < 4.78 is 1.41. The van der Waals surface area contributed by atoms with Gasteiger partial charge in [-0.3, -0.25) is 9.36 Å². The van der Waals surface area contributed by atoms with Gasteiger partial charge in [0, 0.05) is 17.6 Å². The van der Waals surface area contributed by atoms with E-state index in [4.69, 9.17) is 0 Å². The zero-order valence-corrected chi connectivity index (χ0v) is 16.5. The van der Waals surface area contributed by atoms with Crippen molar-refractivity contribution in [2.24, 2.45) is 5.92 Å². The van der Waals surface area contributed by atoms with Crippen molar-refractivity contribution in [3.63, 3.8) is 0 Å². The zero-order chi connectivity index (χ0) is 20.1. The van der Waals surface area contributed by atoms with E-state index in [-0.39, 0.29) is 12.5 Å². The summed E-state index contributed by atoms with van der Waals surface area (Å²) in [7, 11) is 0. The maximum atomic E-state index is 12.6. The van der Waals surface area contributed by atoms with Crippen LogP contribution in [0.1, 0.15) is 25.8 Å². The van der Waals surface area contributed by atoms with Crippen LogP contribution in [-0.4, -0.2) is 22.0 Å². The summed E-state index contributed by atoms with van der Waals surface area (Å²) in [5, 5.41) is 6.93. The first-order chi connectivity index (χ1) is 13.4. The molecule has 0 atom stereocenters. The Labute approximate surface area is 164 Å². The van der Waals surface area contributed by atoms with Gasteiger partial charge in [-0.1, -0.05) is 38.1 Å². The largest absolute Gasteiger partial charge is 0.369 e. The first-order valence-electron chi connectivity index (χ1n) is 9.54. The van der Waals surface area contributed by atoms with Crippen LogP contribution in [0.4, 0.5) is 11.5 Å². The maximum Gasteiger partial charge on any atom is 0.350 e. The number of hydrogen-bond donors (Lipinski definition) is 2. The van der Waals surface area contributed by atoms with Gasteiger partial charge in [0.1, 0.15) is 12.4 Å². The van der Waals surface area contributed by atoms with Crippen molar-refractivity contribution in [3.05, 3.63) is 64.6 Å². The molecule has 1 amide bonds. The van der Waals surface area contributed by atoms with Crippen LogP contribution in [0.5, 0.6) is 0 Å². The predicted molar refractivity (Wildman–Crippen MR) is 114 cm³/mol. The molecular weight excluding hydrogens is 352 g/mol. The smallest absolute Gasteiger partial charge is 0.350 e. The molecule has 0 fully saturated rings. The number of rotatable bonds is 7. The second kappa shape index (κ2) is 8.69. The first-order valence-corrected chi connectivity index (χ1v) is 9.54. The Kier molecular flexibility index (Phi) is 6.09. The summed E-state index contributed by atoms with van der Waals surface area (Å²) in [6.07, 6.45) is 0.984. The van der Waals surface area contributed by atoms with Crippen molar-refractivity contribution in [1.82, 2.24) is 9.55 Å². The number of aryl methyl sites for hydroxylation is 1. The number of carbonyl (C=O) groups excluding carboxylic acids is 1. The SMILES string of the molecule is Cc1cccc(NC(=O)Cn2c(=O)nc(NCCC(C)C)c3ccccc32)c1. The van der Waals surface area contributed by atoms with Gasteiger partial charge in [-0.2, -0.15) is 4.98 Å². The highest BCUT2D eigenvalue weighted by Gasteiger charge is 2.13. The number of aromatic nitrogens is 2. The van der Waals surface area contributed by atoms with E-state index in [1.807, 2.05) is 55.5 Å². The molecular formula is C22H26N4O2. The van der Waals surface area contributed by atoms with Crippen molar-refractivity contribution >= 4 is 28.3 Å². The van der Waals surface area contributed by atoms with Crippen LogP contribution in [0.15, 0.2) is 53.3 Å². The summed E-state index contributed by atoms with van der Waals surface area (Å²) in [6.45, 7) is 6.91. The Morgan fingerprint density at radius 2 is 1.93 bits per heavy atom. The molecule has 0 spiro atoms. The quantitative estimate of drug-likeness (QED) is 0.656. The Bertz CT molecular complexity index is 1040. The predicted octanol–water partition coefficient (Wildman–Crippen LogP) is 3.80. The van der Waals surface area contributed by atoms with Crippen molar-refractivity contribution in [3.8, 4) is 0 Å². The second-order valence-electron chi connectivity index (χ2n) is 7.37. The molecule has 0 bridgehead atoms. The number of amides is 1. The summed E-state index contributed by atoms with van der Waals surface area (Å²) in [4.78, 5) is 29.3. The standard InChI is InChI=1S/C22H26N4O2/c1-15(2)11-12-23-21-18-9-4-5-10-19(18)26(22(28)25-21)14-20(27)24-17-8-6-7-16(3)13-17/h4-10,13,15H,11-12,14H2,1-3H3,(H,24,27)(H,23,25,28). The minimum Gasteiger partial charge on any atom is -0.369 e. The first kappa shape index (κ1) is 19.6. The lowest BCUT2D eigenvalue weighted by molar-refractivity contribution is -0.116. The van der Waals surface area contributed by atoms with Crippen LogP contribution in [0.3, 0.4) is 0 Å². The van der Waals surface area contributed by atoms with E-state index < -0.39 is 5.69 Å². The van der Waals surface area contributed by atoms with Crippen LogP contribution in [0, 0.1) is 12.8 Å². The lowest BCUT2D eigenvalue weighted by Gasteiger charge is -2.14. The lowest BCUT2D eigenvalue weighted by atomic mass is 10.1. The fourth-order valence-corrected chi connectivity index (χ4v) is 3.06. The molecule has 0 unspecified atom stereocenters. The van der Waals surface area contributed by atoms with Crippen LogP contribution >= 0.6 is 0 Å². The fourth-order valence-electron chi connectivity index (χ4n) is 3.06. The average molecular weight is 378 g/mol. The number of nitrogens with one attached hydrogen (secondary N) is 2. The number of hydrogen-bond acceptors (Lipinski definition) is 4. The van der Waals surface area contributed by atoms with Crippen LogP contribution < -0.4 is 16.3 Å². The molecule has 0 aliphatic carbocycles. The molecule has 2 N–H and O–H groups in total.